The van der Waals surface area contributed by atoms with Crippen molar-refractivity contribution in [1.29, 1.82) is 0 Å². The molecule has 0 radical (unpaired) electrons. The molecule has 0 amide bonds. The van der Waals surface area contributed by atoms with E-state index in [1.165, 1.54) is 19.3 Å². The van der Waals surface area contributed by atoms with Gasteiger partial charge < -0.3 is 5.32 Å². The molecule has 0 bridgehead atoms. The molecule has 1 fully saturated rings. The second-order valence-electron chi connectivity index (χ2n) is 4.20. The highest BCUT2D eigenvalue weighted by atomic mass is 19.1. The third-order valence-electron chi connectivity index (χ3n) is 2.96. The van der Waals surface area contributed by atoms with Crippen LogP contribution in [-0.2, 0) is 6.54 Å². The number of halogens is 1. The Labute approximate surface area is 89.7 Å². The van der Waals surface area contributed by atoms with Crippen molar-refractivity contribution in [2.75, 3.05) is 6.54 Å². The minimum absolute atomic E-state index is 0.455. The second-order valence-corrected chi connectivity index (χ2v) is 4.20. The van der Waals surface area contributed by atoms with Gasteiger partial charge in [0, 0.05) is 12.2 Å². The van der Waals surface area contributed by atoms with E-state index < -0.39 is 6.17 Å². The summed E-state index contributed by atoms with van der Waals surface area (Å²) in [5, 5.41) is 7.61. The van der Waals surface area contributed by atoms with Crippen LogP contribution in [0.3, 0.4) is 0 Å². The normalized spacial score (nSPS) is 24.0. The van der Waals surface area contributed by atoms with Gasteiger partial charge in [-0.05, 0) is 32.4 Å². The molecule has 0 spiro atoms. The van der Waals surface area contributed by atoms with Crippen LogP contribution in [0, 0.1) is 0 Å². The van der Waals surface area contributed by atoms with Crippen LogP contribution in [0.5, 0.6) is 0 Å². The summed E-state index contributed by atoms with van der Waals surface area (Å²) in [5.74, 6) is 0. The smallest absolute Gasteiger partial charge is 0.139 e. The van der Waals surface area contributed by atoms with Crippen LogP contribution in [0.15, 0.2) is 12.3 Å². The van der Waals surface area contributed by atoms with Crippen molar-refractivity contribution in [2.24, 2.45) is 0 Å². The Morgan fingerprint density at radius 3 is 3.20 bits per heavy atom. The number of hydrogen-bond acceptors (Lipinski definition) is 2. The summed E-state index contributed by atoms with van der Waals surface area (Å²) in [7, 11) is 0. The molecule has 0 aliphatic carbocycles. The van der Waals surface area contributed by atoms with E-state index in [0.717, 1.165) is 13.1 Å². The van der Waals surface area contributed by atoms with Crippen LogP contribution in [0.2, 0.25) is 0 Å². The van der Waals surface area contributed by atoms with Crippen LogP contribution in [0.25, 0.3) is 0 Å². The lowest BCUT2D eigenvalue weighted by Crippen LogP contribution is -2.37. The molecule has 84 valence electrons. The van der Waals surface area contributed by atoms with E-state index in [4.69, 9.17) is 0 Å². The van der Waals surface area contributed by atoms with Crippen molar-refractivity contribution in [3.05, 3.63) is 18.0 Å². The first-order chi connectivity index (χ1) is 7.27. The van der Waals surface area contributed by atoms with Crippen molar-refractivity contribution >= 4 is 0 Å². The topological polar surface area (TPSA) is 29.9 Å². The van der Waals surface area contributed by atoms with E-state index in [9.17, 15) is 4.39 Å². The molecular formula is C11H18FN3. The van der Waals surface area contributed by atoms with Gasteiger partial charge in [0.05, 0.1) is 12.2 Å². The zero-order valence-corrected chi connectivity index (χ0v) is 9.12. The van der Waals surface area contributed by atoms with Gasteiger partial charge in [0.2, 0.25) is 0 Å². The third-order valence-corrected chi connectivity index (χ3v) is 2.96. The second kappa shape index (κ2) is 4.75. The van der Waals surface area contributed by atoms with Crippen molar-refractivity contribution in [2.45, 2.75) is 44.9 Å². The van der Waals surface area contributed by atoms with E-state index in [2.05, 4.69) is 10.4 Å². The zero-order chi connectivity index (χ0) is 10.7. The van der Waals surface area contributed by atoms with E-state index in [-0.39, 0.29) is 0 Å². The summed E-state index contributed by atoms with van der Waals surface area (Å²) >= 11 is 0. The Morgan fingerprint density at radius 1 is 1.67 bits per heavy atom. The highest BCUT2D eigenvalue weighted by Gasteiger charge is 2.16. The van der Waals surface area contributed by atoms with Crippen LogP contribution < -0.4 is 5.32 Å². The molecule has 3 nitrogen and oxygen atoms in total. The predicted octanol–water partition coefficient (Wildman–Crippen LogP) is 2.06. The molecule has 2 rings (SSSR count). The first-order valence-electron chi connectivity index (χ1n) is 5.66. The molecule has 1 aromatic rings. The maximum atomic E-state index is 13.2. The van der Waals surface area contributed by atoms with Crippen LogP contribution in [0.1, 0.15) is 38.1 Å². The van der Waals surface area contributed by atoms with E-state index in [0.29, 0.717) is 11.7 Å². The summed E-state index contributed by atoms with van der Waals surface area (Å²) in [5.41, 5.74) is 0.683. The molecule has 2 unspecified atom stereocenters. The Bertz CT molecular complexity index is 303. The molecule has 1 aromatic heterocycles. The molecule has 0 aromatic carbocycles. The lowest BCUT2D eigenvalue weighted by molar-refractivity contribution is 0.313. The molecule has 1 aliphatic rings. The maximum absolute atomic E-state index is 13.2. The molecule has 1 aliphatic heterocycles. The van der Waals surface area contributed by atoms with Crippen molar-refractivity contribution in [3.8, 4) is 0 Å². The molecule has 1 N–H and O–H groups in total. The van der Waals surface area contributed by atoms with E-state index >= 15 is 0 Å². The van der Waals surface area contributed by atoms with Gasteiger partial charge in [-0.25, -0.2) is 4.39 Å². The molecule has 1 saturated heterocycles. The Morgan fingerprint density at radius 2 is 2.53 bits per heavy atom. The van der Waals surface area contributed by atoms with Crippen molar-refractivity contribution < 1.29 is 4.39 Å². The first-order valence-corrected chi connectivity index (χ1v) is 5.66. The largest absolute Gasteiger partial charge is 0.312 e. The Kier molecular flexibility index (Phi) is 3.36. The van der Waals surface area contributed by atoms with Crippen LogP contribution >= 0.6 is 0 Å². The summed E-state index contributed by atoms with van der Waals surface area (Å²) in [6, 6.07) is 2.21. The number of nitrogens with one attached hydrogen (secondary N) is 1. The van der Waals surface area contributed by atoms with Gasteiger partial charge in [-0.3, -0.25) is 4.68 Å². The van der Waals surface area contributed by atoms with Gasteiger partial charge >= 0.3 is 0 Å². The summed E-state index contributed by atoms with van der Waals surface area (Å²) in [6.07, 6.45) is 4.42. The fourth-order valence-electron chi connectivity index (χ4n) is 2.12. The minimum Gasteiger partial charge on any atom is -0.312 e. The maximum Gasteiger partial charge on any atom is 0.139 e. The van der Waals surface area contributed by atoms with Gasteiger partial charge in [-0.2, -0.15) is 5.10 Å². The van der Waals surface area contributed by atoms with Gasteiger partial charge in [-0.1, -0.05) is 6.42 Å². The number of piperidine rings is 1. The summed E-state index contributed by atoms with van der Waals surface area (Å²) in [4.78, 5) is 0. The number of rotatable bonds is 3. The van der Waals surface area contributed by atoms with E-state index in [1.807, 2.05) is 0 Å². The number of alkyl halides is 1. The summed E-state index contributed by atoms with van der Waals surface area (Å²) < 4.78 is 15.0. The molecule has 4 heteroatoms. The Balaban J connectivity index is 1.99. The molecule has 2 atom stereocenters. The van der Waals surface area contributed by atoms with Crippen molar-refractivity contribution in [3.63, 3.8) is 0 Å². The first kappa shape index (κ1) is 10.6. The number of aromatic nitrogens is 2. The fourth-order valence-corrected chi connectivity index (χ4v) is 2.12. The van der Waals surface area contributed by atoms with Gasteiger partial charge in [0.25, 0.3) is 0 Å². The van der Waals surface area contributed by atoms with E-state index in [1.54, 1.807) is 23.9 Å². The Hall–Kier alpha value is -0.900. The van der Waals surface area contributed by atoms with Gasteiger partial charge in [0.15, 0.2) is 0 Å². The van der Waals surface area contributed by atoms with Crippen LogP contribution in [0.4, 0.5) is 4.39 Å². The quantitative estimate of drug-likeness (QED) is 0.829. The predicted molar refractivity (Wildman–Crippen MR) is 57.4 cm³/mol. The highest BCUT2D eigenvalue weighted by molar-refractivity contribution is 5.03. The molecular weight excluding hydrogens is 193 g/mol. The lowest BCUT2D eigenvalue weighted by Gasteiger charge is -2.24. The third kappa shape index (κ3) is 2.56. The standard InChI is InChI=1S/C11H18FN3/c1-9(12)11-5-7-14-15(11)8-10-4-2-3-6-13-10/h5,7,9-10,13H,2-4,6,8H2,1H3. The SMILES string of the molecule is CC(F)c1ccnn1CC1CCCCN1. The minimum atomic E-state index is -0.934. The fraction of sp³-hybridized carbons (Fsp3) is 0.727. The van der Waals surface area contributed by atoms with Crippen molar-refractivity contribution in [1.82, 2.24) is 15.1 Å². The molecule has 0 saturated carbocycles. The zero-order valence-electron chi connectivity index (χ0n) is 9.12. The summed E-state index contributed by atoms with van der Waals surface area (Å²) in [6.45, 7) is 3.42. The molecule has 2 heterocycles. The average molecular weight is 211 g/mol. The number of nitrogens with zero attached hydrogens (tertiary/aromatic N) is 2. The monoisotopic (exact) mass is 211 g/mol. The van der Waals surface area contributed by atoms with Crippen LogP contribution in [-0.4, -0.2) is 22.4 Å². The average Bonchev–Trinajstić information content (AvgIpc) is 2.67. The lowest BCUT2D eigenvalue weighted by atomic mass is 10.1. The van der Waals surface area contributed by atoms with Gasteiger partial charge in [-0.15, -0.1) is 0 Å². The molecule has 15 heavy (non-hydrogen) atoms. The highest BCUT2D eigenvalue weighted by Crippen LogP contribution is 2.17. The number of hydrogen-bond donors (Lipinski definition) is 1. The van der Waals surface area contributed by atoms with Gasteiger partial charge in [0.1, 0.15) is 6.17 Å².